The van der Waals surface area contributed by atoms with Crippen molar-refractivity contribution < 1.29 is 14.7 Å². The second kappa shape index (κ2) is 6.94. The molecular formula is C16H20ClNO3. The first-order valence-corrected chi connectivity index (χ1v) is 7.67. The van der Waals surface area contributed by atoms with E-state index < -0.39 is 5.97 Å². The SMILES string of the molecule is CCC(NC(=O)C1CCC(C(=O)O)C1)c1cccc(Cl)c1. The standard InChI is InChI=1S/C16H20ClNO3/c1-2-14(10-4-3-5-13(17)9-10)18-15(19)11-6-7-12(8-11)16(20)21/h3-5,9,11-12,14H,2,6-8H2,1H3,(H,18,19)(H,20,21). The Morgan fingerprint density at radius 1 is 1.38 bits per heavy atom. The van der Waals surface area contributed by atoms with Crippen molar-refractivity contribution in [2.45, 2.75) is 38.6 Å². The molecule has 4 nitrogen and oxygen atoms in total. The minimum absolute atomic E-state index is 0.0504. The lowest BCUT2D eigenvalue weighted by atomic mass is 10.0. The van der Waals surface area contributed by atoms with Crippen LogP contribution >= 0.6 is 11.6 Å². The summed E-state index contributed by atoms with van der Waals surface area (Å²) >= 11 is 5.99. The molecule has 3 atom stereocenters. The third-order valence-corrected chi connectivity index (χ3v) is 4.36. The van der Waals surface area contributed by atoms with Gasteiger partial charge in [0.25, 0.3) is 0 Å². The average molecular weight is 310 g/mol. The molecule has 0 aromatic heterocycles. The summed E-state index contributed by atoms with van der Waals surface area (Å²) in [5.74, 6) is -1.43. The molecule has 0 saturated heterocycles. The maximum Gasteiger partial charge on any atom is 0.306 e. The Morgan fingerprint density at radius 3 is 2.67 bits per heavy atom. The third kappa shape index (κ3) is 3.97. The van der Waals surface area contributed by atoms with E-state index in [1.165, 1.54) is 0 Å². The molecular weight excluding hydrogens is 290 g/mol. The van der Waals surface area contributed by atoms with E-state index in [1.807, 2.05) is 25.1 Å². The molecule has 0 bridgehead atoms. The lowest BCUT2D eigenvalue weighted by Gasteiger charge is -2.20. The smallest absolute Gasteiger partial charge is 0.306 e. The van der Waals surface area contributed by atoms with Gasteiger partial charge in [-0.25, -0.2) is 0 Å². The van der Waals surface area contributed by atoms with Gasteiger partial charge in [-0.1, -0.05) is 30.7 Å². The van der Waals surface area contributed by atoms with E-state index in [0.29, 0.717) is 24.3 Å². The maximum atomic E-state index is 12.3. The maximum absolute atomic E-state index is 12.3. The van der Waals surface area contributed by atoms with Crippen molar-refractivity contribution in [2.24, 2.45) is 11.8 Å². The zero-order chi connectivity index (χ0) is 15.4. The molecule has 0 heterocycles. The monoisotopic (exact) mass is 309 g/mol. The number of rotatable bonds is 5. The molecule has 1 saturated carbocycles. The second-order valence-corrected chi connectivity index (χ2v) is 6.01. The number of carbonyl (C=O) groups excluding carboxylic acids is 1. The quantitative estimate of drug-likeness (QED) is 0.876. The van der Waals surface area contributed by atoms with E-state index in [2.05, 4.69) is 5.32 Å². The summed E-state index contributed by atoms with van der Waals surface area (Å²) in [6.07, 6.45) is 2.43. The lowest BCUT2D eigenvalue weighted by molar-refractivity contribution is -0.141. The molecule has 1 aliphatic carbocycles. The van der Waals surface area contributed by atoms with Crippen molar-refractivity contribution in [2.75, 3.05) is 0 Å². The van der Waals surface area contributed by atoms with Gasteiger partial charge in [0.15, 0.2) is 0 Å². The number of carboxylic acids is 1. The molecule has 5 heteroatoms. The molecule has 2 rings (SSSR count). The minimum atomic E-state index is -0.799. The van der Waals surface area contributed by atoms with Crippen molar-refractivity contribution in [3.8, 4) is 0 Å². The number of aliphatic carboxylic acids is 1. The number of nitrogens with one attached hydrogen (secondary N) is 1. The first kappa shape index (κ1) is 15.8. The summed E-state index contributed by atoms with van der Waals surface area (Å²) in [5, 5.41) is 12.7. The highest BCUT2D eigenvalue weighted by molar-refractivity contribution is 6.30. The van der Waals surface area contributed by atoms with Crippen LogP contribution in [0.15, 0.2) is 24.3 Å². The van der Waals surface area contributed by atoms with Crippen molar-refractivity contribution in [1.29, 1.82) is 0 Å². The number of benzene rings is 1. The predicted octanol–water partition coefficient (Wildman–Crippen LogP) is 3.41. The molecule has 1 aromatic rings. The van der Waals surface area contributed by atoms with Crippen molar-refractivity contribution in [3.63, 3.8) is 0 Å². The van der Waals surface area contributed by atoms with Crippen LogP contribution < -0.4 is 5.32 Å². The predicted molar refractivity (Wildman–Crippen MR) is 81.1 cm³/mol. The van der Waals surface area contributed by atoms with Crippen LogP contribution in [0.25, 0.3) is 0 Å². The van der Waals surface area contributed by atoms with Crippen molar-refractivity contribution in [3.05, 3.63) is 34.9 Å². The zero-order valence-electron chi connectivity index (χ0n) is 12.0. The van der Waals surface area contributed by atoms with Crippen LogP contribution in [0.5, 0.6) is 0 Å². The van der Waals surface area contributed by atoms with Gasteiger partial charge in [0.05, 0.1) is 12.0 Å². The molecule has 0 radical (unpaired) electrons. The number of carboxylic acid groups (broad SMARTS) is 1. The highest BCUT2D eigenvalue weighted by atomic mass is 35.5. The summed E-state index contributed by atoms with van der Waals surface area (Å²) in [6.45, 7) is 2.00. The van der Waals surface area contributed by atoms with Crippen LogP contribution in [0, 0.1) is 11.8 Å². The largest absolute Gasteiger partial charge is 0.481 e. The molecule has 114 valence electrons. The Bertz CT molecular complexity index is 532. The molecule has 2 N–H and O–H groups in total. The first-order chi connectivity index (χ1) is 10.0. The molecule has 0 aliphatic heterocycles. The van der Waals surface area contributed by atoms with Crippen LogP contribution in [0.2, 0.25) is 5.02 Å². The third-order valence-electron chi connectivity index (χ3n) is 4.13. The highest BCUT2D eigenvalue weighted by Crippen LogP contribution is 2.32. The van der Waals surface area contributed by atoms with Gasteiger partial charge in [-0.05, 0) is 43.4 Å². The molecule has 0 spiro atoms. The Hall–Kier alpha value is -1.55. The minimum Gasteiger partial charge on any atom is -0.481 e. The van der Waals surface area contributed by atoms with Gasteiger partial charge >= 0.3 is 5.97 Å². The number of carbonyl (C=O) groups is 2. The summed E-state index contributed by atoms with van der Waals surface area (Å²) in [4.78, 5) is 23.3. The van der Waals surface area contributed by atoms with E-state index >= 15 is 0 Å². The first-order valence-electron chi connectivity index (χ1n) is 7.30. The van der Waals surface area contributed by atoms with E-state index in [-0.39, 0.29) is 23.8 Å². The van der Waals surface area contributed by atoms with Crippen molar-refractivity contribution in [1.82, 2.24) is 5.32 Å². The zero-order valence-corrected chi connectivity index (χ0v) is 12.8. The normalized spacial score (nSPS) is 22.8. The van der Waals surface area contributed by atoms with Gasteiger partial charge in [-0.2, -0.15) is 0 Å². The lowest BCUT2D eigenvalue weighted by Crippen LogP contribution is -2.33. The van der Waals surface area contributed by atoms with E-state index in [0.717, 1.165) is 12.0 Å². The van der Waals surface area contributed by atoms with Crippen LogP contribution in [0.1, 0.15) is 44.2 Å². The van der Waals surface area contributed by atoms with Crippen LogP contribution in [0.3, 0.4) is 0 Å². The van der Waals surface area contributed by atoms with E-state index in [4.69, 9.17) is 16.7 Å². The topological polar surface area (TPSA) is 66.4 Å². The summed E-state index contributed by atoms with van der Waals surface area (Å²) < 4.78 is 0. The molecule has 1 fully saturated rings. The fraction of sp³-hybridized carbons (Fsp3) is 0.500. The Kier molecular flexibility index (Phi) is 5.23. The van der Waals surface area contributed by atoms with E-state index in [1.54, 1.807) is 6.07 Å². The summed E-state index contributed by atoms with van der Waals surface area (Å²) in [5.41, 5.74) is 0.978. The van der Waals surface area contributed by atoms with Gasteiger partial charge < -0.3 is 10.4 Å². The number of halogens is 1. The van der Waals surface area contributed by atoms with Gasteiger partial charge in [0, 0.05) is 10.9 Å². The Morgan fingerprint density at radius 2 is 2.10 bits per heavy atom. The highest BCUT2D eigenvalue weighted by Gasteiger charge is 2.34. The van der Waals surface area contributed by atoms with Gasteiger partial charge in [0.1, 0.15) is 0 Å². The second-order valence-electron chi connectivity index (χ2n) is 5.57. The Balaban J connectivity index is 1.99. The molecule has 1 aliphatic rings. The Labute approximate surface area is 129 Å². The van der Waals surface area contributed by atoms with Gasteiger partial charge in [0.2, 0.25) is 5.91 Å². The number of hydrogen-bond acceptors (Lipinski definition) is 2. The van der Waals surface area contributed by atoms with Gasteiger partial charge in [-0.3, -0.25) is 9.59 Å². The average Bonchev–Trinajstić information content (AvgIpc) is 2.94. The summed E-state index contributed by atoms with van der Waals surface area (Å²) in [6, 6.07) is 7.37. The number of amides is 1. The van der Waals surface area contributed by atoms with Crippen molar-refractivity contribution >= 4 is 23.5 Å². The van der Waals surface area contributed by atoms with Crippen LogP contribution in [0.4, 0.5) is 0 Å². The molecule has 1 amide bonds. The van der Waals surface area contributed by atoms with Crippen LogP contribution in [-0.4, -0.2) is 17.0 Å². The number of hydrogen-bond donors (Lipinski definition) is 2. The summed E-state index contributed by atoms with van der Waals surface area (Å²) in [7, 11) is 0. The van der Waals surface area contributed by atoms with Crippen LogP contribution in [-0.2, 0) is 9.59 Å². The molecule has 21 heavy (non-hydrogen) atoms. The van der Waals surface area contributed by atoms with E-state index in [9.17, 15) is 9.59 Å². The molecule has 3 unspecified atom stereocenters. The fourth-order valence-corrected chi connectivity index (χ4v) is 3.08. The van der Waals surface area contributed by atoms with Gasteiger partial charge in [-0.15, -0.1) is 0 Å². The fourth-order valence-electron chi connectivity index (χ4n) is 2.88. The molecule has 1 aromatic carbocycles.